The van der Waals surface area contributed by atoms with Crippen molar-refractivity contribution >= 4 is 28.2 Å². The normalized spacial score (nSPS) is 12.9. The van der Waals surface area contributed by atoms with Gasteiger partial charge >= 0.3 is 12.1 Å². The first-order chi connectivity index (χ1) is 14.3. The highest BCUT2D eigenvalue weighted by atomic mass is 19.4. The number of hydrogen-bond donors (Lipinski definition) is 3. The zero-order valence-electron chi connectivity index (χ0n) is 15.6. The number of hydrogen-bond acceptors (Lipinski definition) is 5. The third-order valence-electron chi connectivity index (χ3n) is 4.45. The molecule has 2 heterocycles. The molecule has 1 aliphatic heterocycles. The second-order valence-corrected chi connectivity index (χ2v) is 6.52. The lowest BCUT2D eigenvalue weighted by atomic mass is 10.0. The second kappa shape index (κ2) is 8.80. The van der Waals surface area contributed by atoms with Crippen LogP contribution in [0.4, 0.5) is 24.5 Å². The molecule has 30 heavy (non-hydrogen) atoms. The summed E-state index contributed by atoms with van der Waals surface area (Å²) in [4.78, 5) is 13.3. The fourth-order valence-corrected chi connectivity index (χ4v) is 3.05. The molecule has 2 aromatic carbocycles. The Labute approximate surface area is 170 Å². The largest absolute Gasteiger partial charge is 0.490 e. The summed E-state index contributed by atoms with van der Waals surface area (Å²) in [5, 5.41) is 24.2. The first-order valence-corrected chi connectivity index (χ1v) is 8.97. The number of carboxylic acid groups (broad SMARTS) is 1. The minimum absolute atomic E-state index is 0.422. The second-order valence-electron chi connectivity index (χ2n) is 6.52. The monoisotopic (exact) mass is 414 g/mol. The predicted octanol–water partition coefficient (Wildman–Crippen LogP) is 4.13. The molecular formula is C21H17F3N4O2. The molecule has 6 nitrogen and oxygen atoms in total. The zero-order valence-corrected chi connectivity index (χ0v) is 15.6. The Kier molecular flexibility index (Phi) is 6.18. The van der Waals surface area contributed by atoms with Gasteiger partial charge < -0.3 is 15.7 Å². The van der Waals surface area contributed by atoms with Crippen molar-refractivity contribution in [2.75, 3.05) is 11.9 Å². The highest BCUT2D eigenvalue weighted by Gasteiger charge is 2.38. The van der Waals surface area contributed by atoms with Gasteiger partial charge in [-0.15, -0.1) is 0 Å². The fraction of sp³-hybridized carbons (Fsp3) is 0.190. The molecule has 9 heteroatoms. The van der Waals surface area contributed by atoms with Gasteiger partial charge in [-0.3, -0.25) is 0 Å². The van der Waals surface area contributed by atoms with E-state index < -0.39 is 12.1 Å². The fourth-order valence-electron chi connectivity index (χ4n) is 3.05. The van der Waals surface area contributed by atoms with Crippen LogP contribution in [0.2, 0.25) is 0 Å². The summed E-state index contributed by atoms with van der Waals surface area (Å²) in [5.74, 6) is -2.76. The third kappa shape index (κ3) is 5.04. The molecule has 0 aliphatic carbocycles. The quantitative estimate of drug-likeness (QED) is 0.583. The topological polar surface area (TPSA) is 98.0 Å². The molecule has 0 fully saturated rings. The minimum Gasteiger partial charge on any atom is -0.475 e. The van der Waals surface area contributed by atoms with E-state index in [1.807, 2.05) is 24.3 Å². The number of para-hydroxylation sites is 1. The minimum atomic E-state index is -5.08. The van der Waals surface area contributed by atoms with Crippen LogP contribution in [0.5, 0.6) is 0 Å². The third-order valence-corrected chi connectivity index (χ3v) is 4.45. The summed E-state index contributed by atoms with van der Waals surface area (Å²) in [7, 11) is 0. The van der Waals surface area contributed by atoms with Gasteiger partial charge in [0.1, 0.15) is 11.8 Å². The number of carboxylic acids is 1. The Morgan fingerprint density at radius 2 is 1.90 bits per heavy atom. The maximum absolute atomic E-state index is 10.6. The van der Waals surface area contributed by atoms with Crippen LogP contribution in [-0.2, 0) is 17.8 Å². The van der Waals surface area contributed by atoms with E-state index in [1.54, 1.807) is 6.07 Å². The Balaban J connectivity index is 0.000000318. The highest BCUT2D eigenvalue weighted by molar-refractivity contribution is 5.93. The van der Waals surface area contributed by atoms with E-state index >= 15 is 0 Å². The number of nitrogens with one attached hydrogen (secondary N) is 2. The smallest absolute Gasteiger partial charge is 0.475 e. The lowest BCUT2D eigenvalue weighted by Crippen LogP contribution is -2.23. The van der Waals surface area contributed by atoms with Crippen molar-refractivity contribution < 1.29 is 23.1 Å². The Morgan fingerprint density at radius 1 is 1.17 bits per heavy atom. The van der Waals surface area contributed by atoms with Crippen LogP contribution in [0.1, 0.15) is 16.8 Å². The molecule has 0 unspecified atom stereocenters. The van der Waals surface area contributed by atoms with Crippen LogP contribution in [0, 0.1) is 11.3 Å². The maximum Gasteiger partial charge on any atom is 0.490 e. The van der Waals surface area contributed by atoms with Crippen molar-refractivity contribution in [2.45, 2.75) is 19.1 Å². The van der Waals surface area contributed by atoms with Gasteiger partial charge in [-0.05, 0) is 48.4 Å². The molecule has 1 aliphatic rings. The van der Waals surface area contributed by atoms with E-state index in [1.165, 1.54) is 11.1 Å². The number of nitrogens with zero attached hydrogens (tertiary/aromatic N) is 2. The Hall–Kier alpha value is -3.64. The number of carbonyl (C=O) groups is 1. The molecule has 3 N–H and O–H groups in total. The average Bonchev–Trinajstić information content (AvgIpc) is 2.73. The molecule has 0 amide bonds. The molecule has 3 aromatic rings. The summed E-state index contributed by atoms with van der Waals surface area (Å²) < 4.78 is 31.7. The number of halogens is 3. The Morgan fingerprint density at radius 3 is 2.60 bits per heavy atom. The molecule has 0 atom stereocenters. The molecule has 0 bridgehead atoms. The van der Waals surface area contributed by atoms with E-state index in [2.05, 4.69) is 39.9 Å². The SMILES string of the molecule is N#Cc1cc(Nc2ccc3c(c2)CNCC3)c2ccccc2n1.O=C(O)C(F)(F)F. The number of benzene rings is 2. The van der Waals surface area contributed by atoms with Gasteiger partial charge in [0, 0.05) is 17.6 Å². The molecule has 154 valence electrons. The number of pyridine rings is 1. The van der Waals surface area contributed by atoms with Gasteiger partial charge in [-0.2, -0.15) is 18.4 Å². The van der Waals surface area contributed by atoms with Crippen LogP contribution in [0.3, 0.4) is 0 Å². The number of nitriles is 1. The van der Waals surface area contributed by atoms with Crippen molar-refractivity contribution in [3.8, 4) is 6.07 Å². The van der Waals surface area contributed by atoms with Crippen LogP contribution < -0.4 is 10.6 Å². The molecule has 0 saturated heterocycles. The van der Waals surface area contributed by atoms with Gasteiger partial charge in [-0.25, -0.2) is 9.78 Å². The van der Waals surface area contributed by atoms with Crippen LogP contribution >= 0.6 is 0 Å². The Bertz CT molecular complexity index is 1120. The standard InChI is InChI=1S/C19H16N4.C2HF3O2/c20-11-16-10-19(17-3-1-2-4-18(17)23-16)22-15-6-5-13-7-8-21-12-14(13)9-15;3-2(4,5)1(6)7/h1-6,9-10,21H,7-8,12H2,(H,22,23);(H,6,7). The van der Waals surface area contributed by atoms with Crippen molar-refractivity contribution in [1.82, 2.24) is 10.3 Å². The van der Waals surface area contributed by atoms with Gasteiger partial charge in [0.25, 0.3) is 0 Å². The van der Waals surface area contributed by atoms with Crippen LogP contribution in [0.15, 0.2) is 48.5 Å². The van der Waals surface area contributed by atoms with E-state index in [0.717, 1.165) is 41.8 Å². The number of aromatic nitrogens is 1. The lowest BCUT2D eigenvalue weighted by molar-refractivity contribution is -0.192. The van der Waals surface area contributed by atoms with Crippen molar-refractivity contribution in [3.05, 3.63) is 65.4 Å². The van der Waals surface area contributed by atoms with Gasteiger partial charge in [-0.1, -0.05) is 24.3 Å². The highest BCUT2D eigenvalue weighted by Crippen LogP contribution is 2.28. The lowest BCUT2D eigenvalue weighted by Gasteiger charge is -2.18. The predicted molar refractivity (Wildman–Crippen MR) is 105 cm³/mol. The van der Waals surface area contributed by atoms with E-state index in [0.29, 0.717) is 5.69 Å². The van der Waals surface area contributed by atoms with Gasteiger partial charge in [0.05, 0.1) is 11.2 Å². The van der Waals surface area contributed by atoms with E-state index in [-0.39, 0.29) is 0 Å². The zero-order chi connectivity index (χ0) is 21.7. The number of rotatable bonds is 2. The molecule has 0 spiro atoms. The van der Waals surface area contributed by atoms with Gasteiger partial charge in [0.2, 0.25) is 0 Å². The summed E-state index contributed by atoms with van der Waals surface area (Å²) in [6.07, 6.45) is -4.01. The number of aliphatic carboxylic acids is 1. The summed E-state index contributed by atoms with van der Waals surface area (Å²) in [5.41, 5.74) is 5.94. The van der Waals surface area contributed by atoms with Crippen molar-refractivity contribution in [3.63, 3.8) is 0 Å². The molecule has 4 rings (SSSR count). The average molecular weight is 414 g/mol. The van der Waals surface area contributed by atoms with Crippen molar-refractivity contribution in [1.29, 1.82) is 5.26 Å². The van der Waals surface area contributed by atoms with E-state index in [9.17, 15) is 18.4 Å². The molecule has 0 saturated carbocycles. The van der Waals surface area contributed by atoms with Crippen LogP contribution in [0.25, 0.3) is 10.9 Å². The summed E-state index contributed by atoms with van der Waals surface area (Å²) in [6, 6.07) is 18.3. The van der Waals surface area contributed by atoms with E-state index in [4.69, 9.17) is 9.90 Å². The molecular weight excluding hydrogens is 397 g/mol. The first-order valence-electron chi connectivity index (χ1n) is 8.97. The number of anilines is 2. The first kappa shape index (κ1) is 21.1. The van der Waals surface area contributed by atoms with Gasteiger partial charge in [0.15, 0.2) is 0 Å². The summed E-state index contributed by atoms with van der Waals surface area (Å²) in [6.45, 7) is 1.95. The number of alkyl halides is 3. The number of fused-ring (bicyclic) bond motifs is 2. The van der Waals surface area contributed by atoms with Crippen LogP contribution in [-0.4, -0.2) is 28.8 Å². The summed E-state index contributed by atoms with van der Waals surface area (Å²) >= 11 is 0. The van der Waals surface area contributed by atoms with Crippen molar-refractivity contribution in [2.24, 2.45) is 0 Å². The maximum atomic E-state index is 10.6. The molecule has 1 aromatic heterocycles. The molecule has 0 radical (unpaired) electrons.